The Labute approximate surface area is 338 Å². The van der Waals surface area contributed by atoms with Crippen LogP contribution in [0.1, 0.15) is 103 Å². The van der Waals surface area contributed by atoms with Gasteiger partial charge in [-0.3, -0.25) is 0 Å². The van der Waals surface area contributed by atoms with Gasteiger partial charge in [-0.2, -0.15) is 8.75 Å². The first-order valence-corrected chi connectivity index (χ1v) is 22.7. The van der Waals surface area contributed by atoms with E-state index < -0.39 is 0 Å². The van der Waals surface area contributed by atoms with E-state index in [2.05, 4.69) is 76.2 Å². The minimum Gasteiger partial charge on any atom is -0.206 e. The van der Waals surface area contributed by atoms with Crippen LogP contribution in [0.5, 0.6) is 0 Å². The first-order valence-electron chi connectivity index (χ1n) is 20.4. The van der Waals surface area contributed by atoms with Crippen LogP contribution in [0.3, 0.4) is 0 Å². The number of unbranched alkanes of at least 4 members (excludes halogenated alkanes) is 2. The van der Waals surface area contributed by atoms with Crippen LogP contribution in [0.2, 0.25) is 0 Å². The van der Waals surface area contributed by atoms with Gasteiger partial charge in [0.1, 0.15) is 22.7 Å². The van der Waals surface area contributed by atoms with Crippen LogP contribution < -0.4 is 0 Å². The molecule has 0 radical (unpaired) electrons. The Bertz CT molecular complexity index is 2190. The summed E-state index contributed by atoms with van der Waals surface area (Å²) in [5.74, 6) is 1.07. The summed E-state index contributed by atoms with van der Waals surface area (Å²) in [6.07, 6.45) is 13.9. The van der Waals surface area contributed by atoms with Crippen molar-refractivity contribution in [1.82, 2.24) is 8.75 Å². The quantitative estimate of drug-likeness (QED) is 0.0865. The molecule has 0 aliphatic rings. The van der Waals surface area contributed by atoms with Gasteiger partial charge in [-0.25, -0.2) is 8.78 Å². The van der Waals surface area contributed by atoms with Gasteiger partial charge in [-0.1, -0.05) is 128 Å². The lowest BCUT2D eigenvalue weighted by atomic mass is 9.92. The fourth-order valence-electron chi connectivity index (χ4n) is 8.08. The minimum absolute atomic E-state index is 0.166. The second-order valence-electron chi connectivity index (χ2n) is 15.1. The van der Waals surface area contributed by atoms with E-state index in [0.29, 0.717) is 23.0 Å². The third-order valence-electron chi connectivity index (χ3n) is 11.5. The third-order valence-corrected chi connectivity index (χ3v) is 14.3. The molecule has 0 bridgehead atoms. The predicted octanol–water partition coefficient (Wildman–Crippen LogP) is 16.2. The molecule has 0 fully saturated rings. The average molecular weight is 791 g/mol. The maximum absolute atomic E-state index is 15.7. The summed E-state index contributed by atoms with van der Waals surface area (Å²) >= 11 is 4.40. The number of aromatic nitrogens is 2. The Hall–Kier alpha value is -3.78. The summed E-state index contributed by atoms with van der Waals surface area (Å²) in [7, 11) is 0. The van der Waals surface area contributed by atoms with Gasteiger partial charge < -0.3 is 0 Å². The molecule has 2 nitrogen and oxygen atoms in total. The van der Waals surface area contributed by atoms with E-state index in [-0.39, 0.29) is 11.6 Å². The van der Waals surface area contributed by atoms with Gasteiger partial charge in [0.25, 0.3) is 0 Å². The number of fused-ring (bicyclic) bond motifs is 2. The lowest BCUT2D eigenvalue weighted by molar-refractivity contribution is 0.421. The van der Waals surface area contributed by atoms with Gasteiger partial charge in [-0.15, -0.1) is 22.7 Å². The summed E-state index contributed by atoms with van der Waals surface area (Å²) in [4.78, 5) is 3.86. The minimum atomic E-state index is -0.166. The van der Waals surface area contributed by atoms with E-state index in [1.807, 2.05) is 24.3 Å². The van der Waals surface area contributed by atoms with E-state index in [0.717, 1.165) is 89.3 Å². The van der Waals surface area contributed by atoms with E-state index in [4.69, 9.17) is 8.75 Å². The van der Waals surface area contributed by atoms with Crippen LogP contribution in [-0.2, 0) is 12.8 Å². The van der Waals surface area contributed by atoms with Gasteiger partial charge >= 0.3 is 0 Å². The molecular weight excluding hydrogens is 739 g/mol. The van der Waals surface area contributed by atoms with Gasteiger partial charge in [0.2, 0.25) is 0 Å². The predicted molar refractivity (Wildman–Crippen MR) is 236 cm³/mol. The zero-order valence-electron chi connectivity index (χ0n) is 32.6. The molecule has 286 valence electrons. The SMILES string of the molecule is CCCCC(CC)CCc1ccc(-c2ccc(-c3c4ccccc4c(-c4ccc(-c5ccc(CCC(CC)CCCC)cc5F)s4)c4nsnc34)s2)c(F)c1. The lowest BCUT2D eigenvalue weighted by Crippen LogP contribution is -2.01. The molecule has 7 rings (SSSR count). The molecule has 0 N–H and O–H groups in total. The highest BCUT2D eigenvalue weighted by molar-refractivity contribution is 7.19. The Morgan fingerprint density at radius 1 is 0.527 bits per heavy atom. The molecule has 55 heavy (non-hydrogen) atoms. The summed E-state index contributed by atoms with van der Waals surface area (Å²) in [6, 6.07) is 28.2. The number of halogens is 2. The number of nitrogens with zero attached hydrogens (tertiary/aromatic N) is 2. The van der Waals surface area contributed by atoms with Crippen LogP contribution in [0, 0.1) is 23.5 Å². The van der Waals surface area contributed by atoms with Crippen molar-refractivity contribution in [3.05, 3.63) is 108 Å². The molecule has 7 heteroatoms. The fourth-order valence-corrected chi connectivity index (χ4v) is 10.8. The average Bonchev–Trinajstić information content (AvgIpc) is 4.00. The van der Waals surface area contributed by atoms with Crippen molar-refractivity contribution in [2.45, 2.75) is 105 Å². The van der Waals surface area contributed by atoms with E-state index >= 15 is 8.78 Å². The highest BCUT2D eigenvalue weighted by Crippen LogP contribution is 2.48. The number of thiophene rings is 2. The molecule has 0 spiro atoms. The smallest absolute Gasteiger partial charge is 0.132 e. The largest absolute Gasteiger partial charge is 0.206 e. The molecule has 4 aromatic carbocycles. The van der Waals surface area contributed by atoms with Crippen LogP contribution in [0.25, 0.3) is 63.6 Å². The van der Waals surface area contributed by atoms with E-state index in [1.165, 1.54) is 63.1 Å². The Morgan fingerprint density at radius 3 is 1.36 bits per heavy atom. The first kappa shape index (κ1) is 39.5. The maximum atomic E-state index is 15.7. The van der Waals surface area contributed by atoms with Crippen molar-refractivity contribution in [2.24, 2.45) is 11.8 Å². The number of benzene rings is 4. The molecule has 0 saturated heterocycles. The molecule has 2 atom stereocenters. The highest BCUT2D eigenvalue weighted by Gasteiger charge is 2.23. The molecule has 0 aliphatic heterocycles. The lowest BCUT2D eigenvalue weighted by Gasteiger charge is -2.14. The van der Waals surface area contributed by atoms with Crippen LogP contribution in [0.4, 0.5) is 8.78 Å². The Balaban J connectivity index is 1.16. The van der Waals surface area contributed by atoms with Gasteiger partial charge in [0, 0.05) is 41.8 Å². The topological polar surface area (TPSA) is 25.8 Å². The summed E-state index contributed by atoms with van der Waals surface area (Å²) in [5.41, 5.74) is 7.13. The fraction of sp³-hybridized carbons (Fsp3) is 0.375. The van der Waals surface area contributed by atoms with E-state index in [9.17, 15) is 0 Å². The standard InChI is InChI=1S/C48H52F2N2S3/c1-5-9-13-31(7-3)17-19-33-21-23-37(39(49)29-33)41-25-27-43(53-41)45-35-15-11-12-16-36(35)46(48-47(45)51-55-52-48)44-28-26-42(54-44)38-24-22-34(30-40(38)50)20-18-32(8-4)14-10-6-2/h11-12,15-16,21-32H,5-10,13-14,17-20H2,1-4H3. The summed E-state index contributed by atoms with van der Waals surface area (Å²) in [6.45, 7) is 9.02. The second-order valence-corrected chi connectivity index (χ2v) is 17.8. The molecule has 2 unspecified atom stereocenters. The zero-order chi connectivity index (χ0) is 38.3. The van der Waals surface area contributed by atoms with Gasteiger partial charge in [0.15, 0.2) is 0 Å². The highest BCUT2D eigenvalue weighted by atomic mass is 32.1. The number of hydrogen-bond acceptors (Lipinski definition) is 5. The summed E-state index contributed by atoms with van der Waals surface area (Å²) < 4.78 is 41.1. The molecule has 3 aromatic heterocycles. The monoisotopic (exact) mass is 790 g/mol. The third kappa shape index (κ3) is 8.80. The first-order chi connectivity index (χ1) is 26.9. The maximum Gasteiger partial charge on any atom is 0.132 e. The molecule has 0 aliphatic carbocycles. The van der Waals surface area contributed by atoms with Gasteiger partial charge in [0.05, 0.1) is 11.7 Å². The number of aryl methyl sites for hydroxylation is 2. The zero-order valence-corrected chi connectivity index (χ0v) is 35.0. The van der Waals surface area contributed by atoms with Crippen LogP contribution >= 0.6 is 34.4 Å². The number of rotatable bonds is 18. The second kappa shape index (κ2) is 18.4. The van der Waals surface area contributed by atoms with Crippen LogP contribution in [0.15, 0.2) is 84.9 Å². The van der Waals surface area contributed by atoms with Crippen molar-refractivity contribution in [1.29, 1.82) is 0 Å². The van der Waals surface area contributed by atoms with Crippen molar-refractivity contribution in [3.8, 4) is 41.8 Å². The molecule has 7 aromatic rings. The van der Waals surface area contributed by atoms with E-state index in [1.54, 1.807) is 34.8 Å². The molecule has 0 saturated carbocycles. The van der Waals surface area contributed by atoms with Crippen molar-refractivity contribution in [3.63, 3.8) is 0 Å². The molecule has 0 amide bonds. The Morgan fingerprint density at radius 2 is 0.964 bits per heavy atom. The Kier molecular flexibility index (Phi) is 13.2. The van der Waals surface area contributed by atoms with Crippen molar-refractivity contribution in [2.75, 3.05) is 0 Å². The molecule has 3 heterocycles. The summed E-state index contributed by atoms with van der Waals surface area (Å²) in [5, 5.41) is 2.15. The molecular formula is C48H52F2N2S3. The van der Waals surface area contributed by atoms with Crippen LogP contribution in [-0.4, -0.2) is 8.75 Å². The van der Waals surface area contributed by atoms with Crippen molar-refractivity contribution < 1.29 is 8.78 Å². The van der Waals surface area contributed by atoms with Crippen molar-refractivity contribution >= 4 is 56.2 Å². The number of hydrogen-bond donors (Lipinski definition) is 0. The van der Waals surface area contributed by atoms with Gasteiger partial charge in [-0.05, 0) is 95.8 Å². The normalized spacial score (nSPS) is 12.9.